The highest BCUT2D eigenvalue weighted by molar-refractivity contribution is 5.52. The average Bonchev–Trinajstić information content (AvgIpc) is 2.78. The lowest BCUT2D eigenvalue weighted by Gasteiger charge is -2.15. The first-order chi connectivity index (χ1) is 8.63. The largest absolute Gasteiger partial charge is 0.384 e. The van der Waals surface area contributed by atoms with Gasteiger partial charge in [-0.1, -0.05) is 6.07 Å². The van der Waals surface area contributed by atoms with Crippen molar-refractivity contribution in [1.82, 2.24) is 19.7 Å². The summed E-state index contributed by atoms with van der Waals surface area (Å²) in [5.74, 6) is 0.279. The van der Waals surface area contributed by atoms with Gasteiger partial charge in [-0.05, 0) is 12.1 Å². The van der Waals surface area contributed by atoms with Gasteiger partial charge in [0.1, 0.15) is 30.6 Å². The van der Waals surface area contributed by atoms with Gasteiger partial charge >= 0.3 is 0 Å². The summed E-state index contributed by atoms with van der Waals surface area (Å²) in [5.41, 5.74) is 5.76. The normalized spacial score (nSPS) is 12.9. The molecule has 1 unspecified atom stereocenters. The summed E-state index contributed by atoms with van der Waals surface area (Å²) in [4.78, 5) is 3.94. The van der Waals surface area contributed by atoms with E-state index in [0.717, 1.165) is 10.9 Å². The zero-order valence-electron chi connectivity index (χ0n) is 9.17. The fraction of sp³-hybridized carbons (Fsp3) is 0.300. The number of alkyl halides is 3. The minimum Gasteiger partial charge on any atom is -0.384 e. The van der Waals surface area contributed by atoms with Gasteiger partial charge in [-0.3, -0.25) is 0 Å². The summed E-state index contributed by atoms with van der Waals surface area (Å²) in [6.07, 6.45) is -1.80. The molecule has 5 nitrogen and oxygen atoms in total. The third-order valence-corrected chi connectivity index (χ3v) is 2.38. The summed E-state index contributed by atoms with van der Waals surface area (Å²) in [6.45, 7) is -1.22. The molecule has 0 fully saturated rings. The third-order valence-electron chi connectivity index (χ3n) is 2.38. The number of hydrogen-bond acceptors (Lipinski definition) is 4. The van der Waals surface area contributed by atoms with Crippen LogP contribution >= 0.6 is 0 Å². The molecule has 2 aromatic rings. The number of anilines is 1. The fourth-order valence-corrected chi connectivity index (χ4v) is 1.51. The Balaban J connectivity index is 2.44. The van der Waals surface area contributed by atoms with Crippen LogP contribution in [0, 0.1) is 0 Å². The second kappa shape index (κ2) is 5.03. The summed E-state index contributed by atoms with van der Waals surface area (Å²) in [5, 5.41) is 7.19. The average molecular weight is 257 g/mol. The van der Waals surface area contributed by atoms with Crippen LogP contribution in [0.2, 0.25) is 0 Å². The molecule has 18 heavy (non-hydrogen) atoms. The van der Waals surface area contributed by atoms with E-state index in [-0.39, 0.29) is 17.3 Å². The van der Waals surface area contributed by atoms with Crippen LogP contribution in [0.15, 0.2) is 24.5 Å². The van der Waals surface area contributed by atoms with Crippen LogP contribution in [-0.2, 0) is 0 Å². The maximum Gasteiger partial charge on any atom is 0.261 e. The van der Waals surface area contributed by atoms with E-state index in [1.165, 1.54) is 6.07 Å². The van der Waals surface area contributed by atoms with Crippen LogP contribution in [-0.4, -0.2) is 32.8 Å². The molecule has 0 aromatic carbocycles. The number of nitrogens with two attached hydrogens (primary N) is 1. The van der Waals surface area contributed by atoms with Crippen molar-refractivity contribution >= 4 is 5.82 Å². The Labute approximate surface area is 100 Å². The van der Waals surface area contributed by atoms with Gasteiger partial charge in [-0.2, -0.15) is 0 Å². The van der Waals surface area contributed by atoms with E-state index in [0.29, 0.717) is 0 Å². The first kappa shape index (κ1) is 12.3. The first-order valence-electron chi connectivity index (χ1n) is 5.10. The van der Waals surface area contributed by atoms with Crippen LogP contribution < -0.4 is 5.73 Å². The molecule has 0 spiro atoms. The maximum absolute atomic E-state index is 12.7. The molecule has 2 heterocycles. The number of nitrogens with zero attached hydrogens (tertiary/aromatic N) is 4. The highest BCUT2D eigenvalue weighted by Gasteiger charge is 2.25. The number of hydrogen-bond donors (Lipinski definition) is 1. The van der Waals surface area contributed by atoms with Gasteiger partial charge in [0, 0.05) is 0 Å². The topological polar surface area (TPSA) is 69.6 Å². The Morgan fingerprint density at radius 1 is 1.33 bits per heavy atom. The Bertz CT molecular complexity index is 528. The molecule has 1 atom stereocenters. The van der Waals surface area contributed by atoms with Crippen molar-refractivity contribution in [2.24, 2.45) is 0 Å². The summed E-state index contributed by atoms with van der Waals surface area (Å²) >= 11 is 0. The highest BCUT2D eigenvalue weighted by atomic mass is 19.3. The van der Waals surface area contributed by atoms with Gasteiger partial charge in [0.05, 0.1) is 0 Å². The van der Waals surface area contributed by atoms with Crippen molar-refractivity contribution < 1.29 is 13.2 Å². The van der Waals surface area contributed by atoms with Crippen LogP contribution in [0.3, 0.4) is 0 Å². The van der Waals surface area contributed by atoms with Gasteiger partial charge in [-0.15, -0.1) is 10.2 Å². The monoisotopic (exact) mass is 257 g/mol. The Morgan fingerprint density at radius 2 is 2.11 bits per heavy atom. The molecule has 0 amide bonds. The van der Waals surface area contributed by atoms with Crippen molar-refractivity contribution in [3.8, 4) is 11.5 Å². The van der Waals surface area contributed by atoms with Gasteiger partial charge < -0.3 is 10.3 Å². The number of aromatic nitrogens is 4. The zero-order valence-corrected chi connectivity index (χ0v) is 9.17. The molecular weight excluding hydrogens is 247 g/mol. The molecule has 0 aliphatic carbocycles. The van der Waals surface area contributed by atoms with E-state index in [1.54, 1.807) is 12.1 Å². The van der Waals surface area contributed by atoms with E-state index in [9.17, 15) is 13.2 Å². The SMILES string of the molecule is Nc1cccc(-c2nncn2C(CF)C(F)F)n1. The van der Waals surface area contributed by atoms with E-state index < -0.39 is 19.1 Å². The lowest BCUT2D eigenvalue weighted by Crippen LogP contribution is -2.19. The number of halogens is 3. The summed E-state index contributed by atoms with van der Waals surface area (Å²) < 4.78 is 39.0. The second-order valence-corrected chi connectivity index (χ2v) is 3.57. The fourth-order valence-electron chi connectivity index (χ4n) is 1.51. The molecule has 2 rings (SSSR count). The quantitative estimate of drug-likeness (QED) is 0.905. The second-order valence-electron chi connectivity index (χ2n) is 3.57. The summed E-state index contributed by atoms with van der Waals surface area (Å²) in [7, 11) is 0. The van der Waals surface area contributed by atoms with E-state index in [4.69, 9.17) is 5.73 Å². The summed E-state index contributed by atoms with van der Waals surface area (Å²) in [6, 6.07) is 3.06. The van der Waals surface area contributed by atoms with Gasteiger partial charge in [-0.25, -0.2) is 18.2 Å². The van der Waals surface area contributed by atoms with Crippen LogP contribution in [0.25, 0.3) is 11.5 Å². The molecule has 8 heteroatoms. The molecule has 2 N–H and O–H groups in total. The van der Waals surface area contributed by atoms with Crippen molar-refractivity contribution in [3.05, 3.63) is 24.5 Å². The zero-order chi connectivity index (χ0) is 13.1. The van der Waals surface area contributed by atoms with Crippen molar-refractivity contribution in [3.63, 3.8) is 0 Å². The molecule has 0 aliphatic heterocycles. The van der Waals surface area contributed by atoms with Gasteiger partial charge in [0.2, 0.25) is 0 Å². The number of nitrogen functional groups attached to an aromatic ring is 1. The van der Waals surface area contributed by atoms with E-state index in [1.807, 2.05) is 0 Å². The van der Waals surface area contributed by atoms with Crippen LogP contribution in [0.4, 0.5) is 19.0 Å². The molecule has 0 bridgehead atoms. The van der Waals surface area contributed by atoms with Gasteiger partial charge in [0.15, 0.2) is 5.82 Å². The first-order valence-corrected chi connectivity index (χ1v) is 5.10. The molecule has 0 aliphatic rings. The standard InChI is InChI=1S/C10H10F3N5/c11-4-7(9(12)13)18-5-15-17-10(18)6-2-1-3-8(14)16-6/h1-3,5,7,9H,4H2,(H2,14,16). The van der Waals surface area contributed by atoms with E-state index >= 15 is 0 Å². The molecule has 96 valence electrons. The van der Waals surface area contributed by atoms with Crippen LogP contribution in [0.1, 0.15) is 6.04 Å². The van der Waals surface area contributed by atoms with Crippen LogP contribution in [0.5, 0.6) is 0 Å². The minimum absolute atomic E-state index is 0.0604. The van der Waals surface area contributed by atoms with Crippen molar-refractivity contribution in [2.75, 3.05) is 12.4 Å². The highest BCUT2D eigenvalue weighted by Crippen LogP contribution is 2.23. The van der Waals surface area contributed by atoms with Gasteiger partial charge in [0.25, 0.3) is 6.43 Å². The lowest BCUT2D eigenvalue weighted by molar-refractivity contribution is 0.0691. The molecule has 0 saturated carbocycles. The van der Waals surface area contributed by atoms with Crippen molar-refractivity contribution in [2.45, 2.75) is 12.5 Å². The smallest absolute Gasteiger partial charge is 0.261 e. The Morgan fingerprint density at radius 3 is 2.72 bits per heavy atom. The molecule has 2 aromatic heterocycles. The maximum atomic E-state index is 12.7. The minimum atomic E-state index is -2.86. The Kier molecular flexibility index (Phi) is 3.45. The predicted octanol–water partition coefficient (Wildman–Crippen LogP) is 1.70. The molecule has 0 saturated heterocycles. The molecule has 0 radical (unpaired) electrons. The number of pyridine rings is 1. The number of rotatable bonds is 4. The predicted molar refractivity (Wildman–Crippen MR) is 58.7 cm³/mol. The van der Waals surface area contributed by atoms with E-state index in [2.05, 4.69) is 15.2 Å². The molecular formula is C10H10F3N5. The Hall–Kier alpha value is -2.12. The third kappa shape index (κ3) is 2.27. The van der Waals surface area contributed by atoms with Crippen molar-refractivity contribution in [1.29, 1.82) is 0 Å². The lowest BCUT2D eigenvalue weighted by atomic mass is 10.3.